The zero-order valence-corrected chi connectivity index (χ0v) is 20.0. The van der Waals surface area contributed by atoms with Crippen molar-refractivity contribution < 1.29 is 26.4 Å². The van der Waals surface area contributed by atoms with Gasteiger partial charge in [-0.3, -0.25) is 10.2 Å². The standard InChI is InChI=1S/C21H29N3O6S2/c1-4-5-6-7-16-30-18-10-8-17(9-11-18)21(25)22-23-31(26,27)19-12-14-20(15-13-19)32(28,29)24(2)3/h8-15,23H,4-7,16H2,1-3H3,(H,22,25). The van der Waals surface area contributed by atoms with E-state index in [-0.39, 0.29) is 15.4 Å². The van der Waals surface area contributed by atoms with Crippen LogP contribution in [0.3, 0.4) is 0 Å². The molecule has 0 aliphatic heterocycles. The summed E-state index contributed by atoms with van der Waals surface area (Å²) in [5, 5.41) is 0. The van der Waals surface area contributed by atoms with Crippen molar-refractivity contribution in [2.45, 2.75) is 42.4 Å². The second-order valence-corrected chi connectivity index (χ2v) is 11.1. The molecule has 32 heavy (non-hydrogen) atoms. The minimum absolute atomic E-state index is 0.0434. The third kappa shape index (κ3) is 7.02. The quantitative estimate of drug-likeness (QED) is 0.353. The Balaban J connectivity index is 1.94. The van der Waals surface area contributed by atoms with Crippen molar-refractivity contribution in [2.75, 3.05) is 20.7 Å². The largest absolute Gasteiger partial charge is 0.494 e. The molecule has 0 saturated carbocycles. The van der Waals surface area contributed by atoms with Gasteiger partial charge in [-0.05, 0) is 55.0 Å². The Hall–Kier alpha value is -2.47. The molecule has 0 fully saturated rings. The second-order valence-electron chi connectivity index (χ2n) is 7.25. The Morgan fingerprint density at radius 3 is 2.03 bits per heavy atom. The number of carbonyl (C=O) groups is 1. The Morgan fingerprint density at radius 2 is 1.47 bits per heavy atom. The summed E-state index contributed by atoms with van der Waals surface area (Å²) in [5.74, 6) is -0.0127. The average Bonchev–Trinajstić information content (AvgIpc) is 2.78. The van der Waals surface area contributed by atoms with E-state index in [2.05, 4.69) is 12.3 Å². The molecule has 0 aliphatic carbocycles. The van der Waals surface area contributed by atoms with Gasteiger partial charge in [0.1, 0.15) is 5.75 Å². The van der Waals surface area contributed by atoms with Crippen molar-refractivity contribution in [1.29, 1.82) is 0 Å². The van der Waals surface area contributed by atoms with Crippen molar-refractivity contribution in [2.24, 2.45) is 0 Å². The topological polar surface area (TPSA) is 122 Å². The first kappa shape index (κ1) is 25.8. The summed E-state index contributed by atoms with van der Waals surface area (Å²) in [7, 11) is -5.01. The highest BCUT2D eigenvalue weighted by atomic mass is 32.2. The van der Waals surface area contributed by atoms with Crippen LogP contribution >= 0.6 is 0 Å². The Bertz CT molecular complexity index is 1100. The number of unbranched alkanes of at least 4 members (excludes halogenated alkanes) is 3. The van der Waals surface area contributed by atoms with Gasteiger partial charge in [0.05, 0.1) is 16.4 Å². The molecule has 0 saturated heterocycles. The molecule has 9 nitrogen and oxygen atoms in total. The van der Waals surface area contributed by atoms with Crippen LogP contribution in [0.1, 0.15) is 43.0 Å². The van der Waals surface area contributed by atoms with Gasteiger partial charge >= 0.3 is 0 Å². The van der Waals surface area contributed by atoms with Crippen LogP contribution in [0, 0.1) is 0 Å². The van der Waals surface area contributed by atoms with Crippen LogP contribution < -0.4 is 15.0 Å². The number of ether oxygens (including phenoxy) is 1. The summed E-state index contributed by atoms with van der Waals surface area (Å²) in [6.07, 6.45) is 4.38. The second kappa shape index (κ2) is 11.4. The maximum absolute atomic E-state index is 12.4. The van der Waals surface area contributed by atoms with E-state index >= 15 is 0 Å². The fourth-order valence-corrected chi connectivity index (χ4v) is 4.41. The van der Waals surface area contributed by atoms with Gasteiger partial charge in [0, 0.05) is 19.7 Å². The van der Waals surface area contributed by atoms with Gasteiger partial charge in [-0.15, -0.1) is 4.83 Å². The minimum atomic E-state index is -4.09. The van der Waals surface area contributed by atoms with Crippen molar-refractivity contribution in [1.82, 2.24) is 14.6 Å². The van der Waals surface area contributed by atoms with Gasteiger partial charge in [-0.2, -0.15) is 0 Å². The van der Waals surface area contributed by atoms with E-state index in [0.717, 1.165) is 42.1 Å². The molecular formula is C21H29N3O6S2. The van der Waals surface area contributed by atoms with Crippen molar-refractivity contribution in [3.8, 4) is 5.75 Å². The molecule has 0 unspecified atom stereocenters. The van der Waals surface area contributed by atoms with Crippen LogP contribution in [0.2, 0.25) is 0 Å². The highest BCUT2D eigenvalue weighted by Gasteiger charge is 2.20. The van der Waals surface area contributed by atoms with Crippen LogP contribution in [0.15, 0.2) is 58.3 Å². The summed E-state index contributed by atoms with van der Waals surface area (Å²) < 4.78 is 55.6. The van der Waals surface area contributed by atoms with Crippen molar-refractivity contribution >= 4 is 26.0 Å². The summed E-state index contributed by atoms with van der Waals surface area (Å²) in [5.41, 5.74) is 2.39. The third-order valence-electron chi connectivity index (χ3n) is 4.59. The molecule has 2 N–H and O–H groups in total. The minimum Gasteiger partial charge on any atom is -0.494 e. The van der Waals surface area contributed by atoms with Gasteiger partial charge in [0.2, 0.25) is 10.0 Å². The van der Waals surface area contributed by atoms with Gasteiger partial charge in [0.25, 0.3) is 15.9 Å². The summed E-state index contributed by atoms with van der Waals surface area (Å²) in [6.45, 7) is 2.74. The van der Waals surface area contributed by atoms with E-state index in [0.29, 0.717) is 12.4 Å². The molecule has 11 heteroatoms. The summed E-state index contributed by atoms with van der Waals surface area (Å²) in [6, 6.07) is 11.0. The number of nitrogens with zero attached hydrogens (tertiary/aromatic N) is 1. The van der Waals surface area contributed by atoms with Crippen LogP contribution in [-0.2, 0) is 20.0 Å². The lowest BCUT2D eigenvalue weighted by atomic mass is 10.2. The molecule has 1 amide bonds. The molecule has 0 aromatic heterocycles. The normalized spacial score (nSPS) is 12.0. The van der Waals surface area contributed by atoms with Crippen LogP contribution in [0.5, 0.6) is 5.75 Å². The number of hydrogen-bond donors (Lipinski definition) is 2. The SMILES string of the molecule is CCCCCCOc1ccc(C(=O)NNS(=O)(=O)c2ccc(S(=O)(=O)N(C)C)cc2)cc1. The number of hydrogen-bond acceptors (Lipinski definition) is 6. The van der Waals surface area contributed by atoms with E-state index in [1.807, 2.05) is 4.83 Å². The first-order valence-corrected chi connectivity index (χ1v) is 13.1. The van der Waals surface area contributed by atoms with E-state index < -0.39 is 26.0 Å². The van der Waals surface area contributed by atoms with E-state index in [1.54, 1.807) is 12.1 Å². The van der Waals surface area contributed by atoms with Gasteiger partial charge in [-0.1, -0.05) is 26.2 Å². The maximum Gasteiger partial charge on any atom is 0.266 e. The predicted octanol–water partition coefficient (Wildman–Crippen LogP) is 2.52. The van der Waals surface area contributed by atoms with Crippen LogP contribution in [0.25, 0.3) is 0 Å². The molecule has 0 aliphatic rings. The molecule has 0 atom stereocenters. The number of amides is 1. The smallest absolute Gasteiger partial charge is 0.266 e. The lowest BCUT2D eigenvalue weighted by Crippen LogP contribution is -2.41. The molecule has 0 bridgehead atoms. The van der Waals surface area contributed by atoms with Gasteiger partial charge < -0.3 is 4.74 Å². The zero-order chi connectivity index (χ0) is 23.8. The Kier molecular flexibility index (Phi) is 9.20. The van der Waals surface area contributed by atoms with Crippen LogP contribution in [0.4, 0.5) is 0 Å². The monoisotopic (exact) mass is 483 g/mol. The summed E-state index contributed by atoms with van der Waals surface area (Å²) in [4.78, 5) is 14.0. The average molecular weight is 484 g/mol. The van der Waals surface area contributed by atoms with Crippen LogP contribution in [-0.4, -0.2) is 47.8 Å². The molecule has 2 aromatic rings. The fraction of sp³-hybridized carbons (Fsp3) is 0.381. The van der Waals surface area contributed by atoms with Crippen molar-refractivity contribution in [3.63, 3.8) is 0 Å². The van der Waals surface area contributed by atoms with Gasteiger partial charge in [-0.25, -0.2) is 21.1 Å². The molecule has 0 radical (unpaired) electrons. The van der Waals surface area contributed by atoms with Gasteiger partial charge in [0.15, 0.2) is 0 Å². The van der Waals surface area contributed by atoms with E-state index in [9.17, 15) is 21.6 Å². The number of rotatable bonds is 12. The lowest BCUT2D eigenvalue weighted by molar-refractivity contribution is 0.0945. The molecule has 176 valence electrons. The highest BCUT2D eigenvalue weighted by molar-refractivity contribution is 7.89. The third-order valence-corrected chi connectivity index (χ3v) is 7.69. The lowest BCUT2D eigenvalue weighted by Gasteiger charge is -2.12. The predicted molar refractivity (Wildman–Crippen MR) is 121 cm³/mol. The molecule has 2 rings (SSSR count). The van der Waals surface area contributed by atoms with Crippen molar-refractivity contribution in [3.05, 3.63) is 54.1 Å². The number of hydrazine groups is 1. The highest BCUT2D eigenvalue weighted by Crippen LogP contribution is 2.17. The van der Waals surface area contributed by atoms with E-state index in [4.69, 9.17) is 4.74 Å². The maximum atomic E-state index is 12.4. The number of sulfonamides is 2. The molecule has 2 aromatic carbocycles. The number of benzene rings is 2. The zero-order valence-electron chi connectivity index (χ0n) is 18.4. The fourth-order valence-electron chi connectivity index (χ4n) is 2.67. The first-order chi connectivity index (χ1) is 15.1. The summed E-state index contributed by atoms with van der Waals surface area (Å²) >= 11 is 0. The number of nitrogens with one attached hydrogen (secondary N) is 2. The first-order valence-electron chi connectivity index (χ1n) is 10.2. The Morgan fingerprint density at radius 1 is 0.875 bits per heavy atom. The van der Waals surface area contributed by atoms with E-state index in [1.165, 1.54) is 38.4 Å². The molecular weight excluding hydrogens is 454 g/mol. The number of carbonyl (C=O) groups excluding carboxylic acids is 1. The Labute approximate surface area is 189 Å². The molecule has 0 heterocycles. The molecule has 0 spiro atoms.